The molecule has 5 nitrogen and oxygen atoms in total. The Labute approximate surface area is 176 Å². The van der Waals surface area contributed by atoms with Crippen molar-refractivity contribution in [3.63, 3.8) is 0 Å². The third-order valence-electron chi connectivity index (χ3n) is 6.38. The zero-order chi connectivity index (χ0) is 20.9. The van der Waals surface area contributed by atoms with Gasteiger partial charge in [0.05, 0.1) is 16.6 Å². The Bertz CT molecular complexity index is 1180. The van der Waals surface area contributed by atoms with Gasteiger partial charge < -0.3 is 10.2 Å². The van der Waals surface area contributed by atoms with Crippen molar-refractivity contribution in [1.82, 2.24) is 4.98 Å². The lowest BCUT2D eigenvalue weighted by atomic mass is 9.86. The molecule has 2 aliphatic rings. The molecule has 30 heavy (non-hydrogen) atoms. The number of pyridine rings is 1. The number of hydrogen-bond acceptors (Lipinski definition) is 3. The van der Waals surface area contributed by atoms with Gasteiger partial charge in [0.15, 0.2) is 0 Å². The highest BCUT2D eigenvalue weighted by Crippen LogP contribution is 2.41. The van der Waals surface area contributed by atoms with Gasteiger partial charge in [-0.25, -0.2) is 0 Å². The molecule has 0 unspecified atom stereocenters. The van der Waals surface area contributed by atoms with Crippen LogP contribution < -0.4 is 10.2 Å². The van der Waals surface area contributed by atoms with Crippen LogP contribution in [0, 0.1) is 0 Å². The Morgan fingerprint density at radius 1 is 1.07 bits per heavy atom. The molecular formula is C25H25N3O2. The average molecular weight is 399 g/mol. The van der Waals surface area contributed by atoms with Crippen LogP contribution in [-0.4, -0.2) is 23.3 Å². The summed E-state index contributed by atoms with van der Waals surface area (Å²) in [4.78, 5) is 32.6. The Morgan fingerprint density at radius 3 is 2.67 bits per heavy atom. The normalized spacial score (nSPS) is 17.0. The molecule has 2 aromatic carbocycles. The van der Waals surface area contributed by atoms with E-state index in [4.69, 9.17) is 4.98 Å². The average Bonchev–Trinajstić information content (AvgIpc) is 2.94. The monoisotopic (exact) mass is 399 g/mol. The van der Waals surface area contributed by atoms with Crippen LogP contribution in [0.25, 0.3) is 10.9 Å². The lowest BCUT2D eigenvalue weighted by Crippen LogP contribution is -2.41. The minimum absolute atomic E-state index is 0.00466. The van der Waals surface area contributed by atoms with Gasteiger partial charge in [-0.1, -0.05) is 36.4 Å². The Hall–Kier alpha value is -3.21. The van der Waals surface area contributed by atoms with E-state index in [1.165, 1.54) is 0 Å². The maximum absolute atomic E-state index is 13.1. The van der Waals surface area contributed by atoms with Crippen LogP contribution in [0.4, 0.5) is 11.4 Å². The highest BCUT2D eigenvalue weighted by atomic mass is 16.2. The number of rotatable bonds is 3. The van der Waals surface area contributed by atoms with Crippen molar-refractivity contribution in [2.24, 2.45) is 0 Å². The van der Waals surface area contributed by atoms with Crippen molar-refractivity contribution in [3.05, 3.63) is 65.4 Å². The number of nitrogens with zero attached hydrogens (tertiary/aromatic N) is 2. The van der Waals surface area contributed by atoms with Crippen LogP contribution in [-0.2, 0) is 27.8 Å². The van der Waals surface area contributed by atoms with Crippen molar-refractivity contribution < 1.29 is 9.59 Å². The summed E-state index contributed by atoms with van der Waals surface area (Å²) in [5.74, 6) is -0.222. The molecule has 2 amide bonds. The van der Waals surface area contributed by atoms with Gasteiger partial charge in [-0.15, -0.1) is 0 Å². The largest absolute Gasteiger partial charge is 0.324 e. The van der Waals surface area contributed by atoms with Crippen LogP contribution in [0.1, 0.15) is 43.5 Å². The molecule has 5 heteroatoms. The summed E-state index contributed by atoms with van der Waals surface area (Å²) in [6, 6.07) is 15.7. The summed E-state index contributed by atoms with van der Waals surface area (Å²) < 4.78 is 0. The van der Waals surface area contributed by atoms with Gasteiger partial charge in [-0.2, -0.15) is 0 Å². The summed E-state index contributed by atoms with van der Waals surface area (Å²) in [6.45, 7) is 3.84. The van der Waals surface area contributed by atoms with E-state index in [9.17, 15) is 9.59 Å². The van der Waals surface area contributed by atoms with E-state index in [0.717, 1.165) is 64.8 Å². The van der Waals surface area contributed by atoms with Crippen molar-refractivity contribution in [2.45, 2.75) is 44.9 Å². The van der Waals surface area contributed by atoms with Crippen molar-refractivity contribution in [3.8, 4) is 0 Å². The third-order valence-corrected chi connectivity index (χ3v) is 6.38. The number of benzene rings is 2. The van der Waals surface area contributed by atoms with Crippen LogP contribution >= 0.6 is 0 Å². The van der Waals surface area contributed by atoms with E-state index in [0.29, 0.717) is 0 Å². The fraction of sp³-hybridized carbons (Fsp3) is 0.320. The number of hydrogen-bond donors (Lipinski definition) is 1. The summed E-state index contributed by atoms with van der Waals surface area (Å²) >= 11 is 0. The second-order valence-corrected chi connectivity index (χ2v) is 8.72. The Kier molecular flexibility index (Phi) is 4.35. The molecule has 1 N–H and O–H groups in total. The first kappa shape index (κ1) is 18.8. The van der Waals surface area contributed by atoms with Gasteiger partial charge in [0.25, 0.3) is 0 Å². The number of nitrogens with one attached hydrogen (secondary N) is 1. The van der Waals surface area contributed by atoms with Crippen LogP contribution in [0.15, 0.2) is 48.5 Å². The van der Waals surface area contributed by atoms with Crippen LogP contribution in [0.3, 0.4) is 0 Å². The maximum atomic E-state index is 13.1. The van der Waals surface area contributed by atoms with Crippen molar-refractivity contribution >= 4 is 34.1 Å². The zero-order valence-electron chi connectivity index (χ0n) is 17.4. The SMILES string of the molecule is CC1(C)C(=O)N(CC(=O)Nc2c3c(nc4ccccc24)CCCC3)c2ccccc21. The number of carbonyl (C=O) groups is 2. The zero-order valence-corrected chi connectivity index (χ0v) is 17.4. The highest BCUT2D eigenvalue weighted by Gasteiger charge is 2.44. The maximum Gasteiger partial charge on any atom is 0.244 e. The lowest BCUT2D eigenvalue weighted by molar-refractivity contribution is -0.124. The standard InChI is InChI=1S/C25H25N3O2/c1-25(2)18-11-5-8-14-21(18)28(24(25)30)15-22(29)27-23-16-9-3-6-12-19(16)26-20-13-7-4-10-17(20)23/h3,5-6,8-9,11-12,14H,4,7,10,13,15H2,1-2H3,(H,26,27,29). The van der Waals surface area contributed by atoms with Crippen molar-refractivity contribution in [1.29, 1.82) is 0 Å². The minimum Gasteiger partial charge on any atom is -0.324 e. The molecule has 1 aliphatic heterocycles. The van der Waals surface area contributed by atoms with Gasteiger partial charge in [0.1, 0.15) is 6.54 Å². The predicted octanol–water partition coefficient (Wildman–Crippen LogP) is 4.38. The molecule has 0 radical (unpaired) electrons. The van der Waals surface area contributed by atoms with Gasteiger partial charge in [-0.3, -0.25) is 14.6 Å². The Morgan fingerprint density at radius 2 is 1.80 bits per heavy atom. The molecule has 152 valence electrons. The molecule has 0 saturated carbocycles. The summed E-state index contributed by atoms with van der Waals surface area (Å²) in [7, 11) is 0. The van der Waals surface area contributed by atoms with E-state index in [2.05, 4.69) is 5.32 Å². The number of amides is 2. The number of carbonyl (C=O) groups excluding carboxylic acids is 2. The predicted molar refractivity (Wildman–Crippen MR) is 119 cm³/mol. The van der Waals surface area contributed by atoms with E-state index in [1.54, 1.807) is 4.90 Å². The third kappa shape index (κ3) is 2.88. The van der Waals surface area contributed by atoms with Crippen molar-refractivity contribution in [2.75, 3.05) is 16.8 Å². The van der Waals surface area contributed by atoms with Crippen LogP contribution in [0.5, 0.6) is 0 Å². The number of aromatic nitrogens is 1. The van der Waals surface area contributed by atoms with Gasteiger partial charge in [0.2, 0.25) is 11.8 Å². The second-order valence-electron chi connectivity index (χ2n) is 8.72. The topological polar surface area (TPSA) is 62.3 Å². The minimum atomic E-state index is -0.626. The van der Waals surface area contributed by atoms with E-state index >= 15 is 0 Å². The molecule has 0 spiro atoms. The molecule has 1 aromatic heterocycles. The van der Waals surface area contributed by atoms with E-state index in [1.807, 2.05) is 62.4 Å². The fourth-order valence-electron chi connectivity index (χ4n) is 4.79. The molecule has 0 saturated heterocycles. The molecular weight excluding hydrogens is 374 g/mol. The molecule has 0 fully saturated rings. The first-order chi connectivity index (χ1) is 14.5. The van der Waals surface area contributed by atoms with E-state index < -0.39 is 5.41 Å². The summed E-state index contributed by atoms with van der Waals surface area (Å²) in [5, 5.41) is 4.10. The fourth-order valence-corrected chi connectivity index (χ4v) is 4.79. The Balaban J connectivity index is 1.49. The van der Waals surface area contributed by atoms with Gasteiger partial charge >= 0.3 is 0 Å². The molecule has 2 heterocycles. The highest BCUT2D eigenvalue weighted by molar-refractivity contribution is 6.12. The number of para-hydroxylation sites is 2. The molecule has 0 atom stereocenters. The first-order valence-corrected chi connectivity index (χ1v) is 10.6. The number of anilines is 2. The molecule has 3 aromatic rings. The molecule has 0 bridgehead atoms. The van der Waals surface area contributed by atoms with Gasteiger partial charge in [-0.05, 0) is 62.8 Å². The number of fused-ring (bicyclic) bond motifs is 3. The summed E-state index contributed by atoms with van der Waals surface area (Å²) in [6.07, 6.45) is 4.08. The summed E-state index contributed by atoms with van der Waals surface area (Å²) in [5.41, 5.74) is 5.15. The quantitative estimate of drug-likeness (QED) is 0.711. The van der Waals surface area contributed by atoms with Gasteiger partial charge in [0, 0.05) is 16.8 Å². The lowest BCUT2D eigenvalue weighted by Gasteiger charge is -2.23. The molecule has 5 rings (SSSR count). The van der Waals surface area contributed by atoms with Crippen LogP contribution in [0.2, 0.25) is 0 Å². The smallest absolute Gasteiger partial charge is 0.244 e. The molecule has 1 aliphatic carbocycles. The van der Waals surface area contributed by atoms with E-state index in [-0.39, 0.29) is 18.4 Å². The first-order valence-electron chi connectivity index (χ1n) is 10.6. The second kappa shape index (κ2) is 6.94. The number of aryl methyl sites for hydroxylation is 1.